The van der Waals surface area contributed by atoms with E-state index in [1.54, 1.807) is 0 Å². The molecule has 2 aromatic heterocycles. The number of allylic oxidation sites excluding steroid dienone is 1. The van der Waals surface area contributed by atoms with Gasteiger partial charge in [0.2, 0.25) is 5.89 Å². The zero-order valence-corrected chi connectivity index (χ0v) is 16.2. The highest BCUT2D eigenvalue weighted by Gasteiger charge is 2.34. The van der Waals surface area contributed by atoms with Gasteiger partial charge in [-0.05, 0) is 30.3 Å². The summed E-state index contributed by atoms with van der Waals surface area (Å²) >= 11 is 13.2. The van der Waals surface area contributed by atoms with Crippen LogP contribution in [-0.4, -0.2) is 21.5 Å². The van der Waals surface area contributed by atoms with Gasteiger partial charge in [-0.25, -0.2) is 0 Å². The summed E-state index contributed by atoms with van der Waals surface area (Å²) in [6.45, 7) is 0. The van der Waals surface area contributed by atoms with Gasteiger partial charge in [-0.2, -0.15) is 9.97 Å². The molecule has 28 heavy (non-hydrogen) atoms. The molecule has 4 aromatic rings. The van der Waals surface area contributed by atoms with Crippen LogP contribution >= 0.6 is 34.5 Å². The SMILES string of the molecule is O=C1C(=Cc2nc3oc(-c4ccccc4)nc3s2)C(=O)c2cc(Cl)c(Cl)cc21. The monoisotopic (exact) mass is 426 g/mol. The molecule has 1 aliphatic carbocycles. The molecule has 0 unspecified atom stereocenters. The Morgan fingerprint density at radius 3 is 2.18 bits per heavy atom. The van der Waals surface area contributed by atoms with E-state index in [1.807, 2.05) is 30.3 Å². The van der Waals surface area contributed by atoms with Crippen molar-refractivity contribution >= 4 is 62.7 Å². The molecule has 0 radical (unpaired) electrons. The molecule has 0 atom stereocenters. The summed E-state index contributed by atoms with van der Waals surface area (Å²) in [5.41, 5.74) is 1.72. The van der Waals surface area contributed by atoms with Crippen molar-refractivity contribution in [3.05, 3.63) is 74.2 Å². The van der Waals surface area contributed by atoms with Crippen LogP contribution in [0.25, 0.3) is 28.1 Å². The number of rotatable bonds is 2. The minimum absolute atomic E-state index is 0.0213. The molecule has 0 aliphatic heterocycles. The Hall–Kier alpha value is -2.80. The molecule has 0 amide bonds. The number of oxazole rings is 1. The normalized spacial score (nSPS) is 13.4. The zero-order valence-electron chi connectivity index (χ0n) is 13.9. The summed E-state index contributed by atoms with van der Waals surface area (Å²) in [7, 11) is 0. The molecule has 2 aromatic carbocycles. The maximum absolute atomic E-state index is 12.6. The average Bonchev–Trinajstić information content (AvgIpc) is 3.31. The number of thiazole rings is 1. The van der Waals surface area contributed by atoms with Crippen LogP contribution in [0.2, 0.25) is 10.0 Å². The maximum Gasteiger partial charge on any atom is 0.259 e. The molecule has 5 rings (SSSR count). The van der Waals surface area contributed by atoms with E-state index in [0.29, 0.717) is 21.4 Å². The number of nitrogens with zero attached hydrogens (tertiary/aromatic N) is 2. The molecule has 0 saturated carbocycles. The molecule has 8 heteroatoms. The van der Waals surface area contributed by atoms with Crippen molar-refractivity contribution < 1.29 is 14.0 Å². The minimum atomic E-state index is -0.400. The smallest absolute Gasteiger partial charge is 0.259 e. The third-order valence-corrected chi connectivity index (χ3v) is 5.92. The number of carbonyl (C=O) groups excluding carboxylic acids is 2. The van der Waals surface area contributed by atoms with Crippen molar-refractivity contribution in [1.29, 1.82) is 0 Å². The molecular weight excluding hydrogens is 419 g/mol. The van der Waals surface area contributed by atoms with Crippen molar-refractivity contribution in [1.82, 2.24) is 9.97 Å². The molecule has 0 spiro atoms. The largest absolute Gasteiger partial charge is 0.417 e. The fraction of sp³-hybridized carbons (Fsp3) is 0. The lowest BCUT2D eigenvalue weighted by molar-refractivity contribution is 0.0990. The van der Waals surface area contributed by atoms with Gasteiger partial charge in [-0.15, -0.1) is 0 Å². The quantitative estimate of drug-likeness (QED) is 0.302. The number of carbonyl (C=O) groups is 2. The predicted octanol–water partition coefficient (Wildman–Crippen LogP) is 5.72. The third-order valence-electron chi connectivity index (χ3n) is 4.32. The first kappa shape index (κ1) is 17.3. The number of Topliss-reactive ketones (excluding diaryl/α,β-unsaturated/α-hetero) is 2. The van der Waals surface area contributed by atoms with Crippen molar-refractivity contribution in [3.63, 3.8) is 0 Å². The highest BCUT2D eigenvalue weighted by atomic mass is 35.5. The second-order valence-electron chi connectivity index (χ2n) is 6.08. The van der Waals surface area contributed by atoms with Crippen molar-refractivity contribution in [2.75, 3.05) is 0 Å². The highest BCUT2D eigenvalue weighted by molar-refractivity contribution is 7.18. The van der Waals surface area contributed by atoms with Crippen LogP contribution in [0.4, 0.5) is 0 Å². The first-order valence-corrected chi connectivity index (χ1v) is 9.71. The number of hydrogen-bond donors (Lipinski definition) is 0. The molecule has 1 aliphatic rings. The van der Waals surface area contributed by atoms with Gasteiger partial charge in [0, 0.05) is 16.7 Å². The van der Waals surface area contributed by atoms with Crippen molar-refractivity contribution in [3.8, 4) is 11.5 Å². The molecule has 5 nitrogen and oxygen atoms in total. The molecule has 0 bridgehead atoms. The Balaban J connectivity index is 1.53. The van der Waals surface area contributed by atoms with Crippen molar-refractivity contribution in [2.45, 2.75) is 0 Å². The van der Waals surface area contributed by atoms with Gasteiger partial charge >= 0.3 is 0 Å². The van der Waals surface area contributed by atoms with Gasteiger partial charge in [0.25, 0.3) is 5.71 Å². The Morgan fingerprint density at radius 2 is 1.57 bits per heavy atom. The molecule has 136 valence electrons. The van der Waals surface area contributed by atoms with Crippen LogP contribution in [0, 0.1) is 0 Å². The van der Waals surface area contributed by atoms with Crippen LogP contribution in [-0.2, 0) is 0 Å². The molecular formula is C20H8Cl2N2O3S. The Bertz CT molecular complexity index is 1250. The van der Waals surface area contributed by atoms with E-state index < -0.39 is 11.6 Å². The second-order valence-corrected chi connectivity index (χ2v) is 7.90. The van der Waals surface area contributed by atoms with Crippen LogP contribution in [0.3, 0.4) is 0 Å². The summed E-state index contributed by atoms with van der Waals surface area (Å²) in [6.07, 6.45) is 1.45. The maximum atomic E-state index is 12.6. The van der Waals surface area contributed by atoms with E-state index in [2.05, 4.69) is 9.97 Å². The highest BCUT2D eigenvalue weighted by Crippen LogP contribution is 2.35. The lowest BCUT2D eigenvalue weighted by atomic mass is 10.1. The van der Waals surface area contributed by atoms with Gasteiger partial charge in [0.1, 0.15) is 5.01 Å². The van der Waals surface area contributed by atoms with Crippen LogP contribution in [0.15, 0.2) is 52.5 Å². The van der Waals surface area contributed by atoms with E-state index >= 15 is 0 Å². The summed E-state index contributed by atoms with van der Waals surface area (Å²) in [4.78, 5) is 34.6. The number of ketones is 2. The van der Waals surface area contributed by atoms with Gasteiger partial charge in [0.15, 0.2) is 16.4 Å². The number of hydrogen-bond acceptors (Lipinski definition) is 6. The van der Waals surface area contributed by atoms with Gasteiger partial charge < -0.3 is 4.42 Å². The fourth-order valence-corrected chi connectivity index (χ4v) is 4.13. The number of benzene rings is 2. The Morgan fingerprint density at radius 1 is 0.929 bits per heavy atom. The zero-order chi connectivity index (χ0) is 19.4. The number of aromatic nitrogens is 2. The lowest BCUT2D eigenvalue weighted by Crippen LogP contribution is -2.00. The Kier molecular flexibility index (Phi) is 3.94. The molecule has 0 fully saturated rings. The number of fused-ring (bicyclic) bond motifs is 2. The predicted molar refractivity (Wildman–Crippen MR) is 108 cm³/mol. The van der Waals surface area contributed by atoms with Gasteiger partial charge in [0.05, 0.1) is 15.6 Å². The van der Waals surface area contributed by atoms with Crippen LogP contribution in [0.5, 0.6) is 0 Å². The summed E-state index contributed by atoms with van der Waals surface area (Å²) in [5.74, 6) is -0.329. The van der Waals surface area contributed by atoms with E-state index in [9.17, 15) is 9.59 Å². The third kappa shape index (κ3) is 2.69. The summed E-state index contributed by atoms with van der Waals surface area (Å²) in [6, 6.07) is 12.3. The van der Waals surface area contributed by atoms with Gasteiger partial charge in [-0.3, -0.25) is 9.59 Å². The summed E-state index contributed by atoms with van der Waals surface area (Å²) < 4.78 is 5.70. The molecule has 0 saturated heterocycles. The Labute approximate surface area is 172 Å². The molecule has 2 heterocycles. The molecule has 0 N–H and O–H groups in total. The number of halogens is 2. The lowest BCUT2D eigenvalue weighted by Gasteiger charge is -1.98. The van der Waals surface area contributed by atoms with E-state index in [1.165, 1.54) is 29.5 Å². The average molecular weight is 427 g/mol. The van der Waals surface area contributed by atoms with Crippen LogP contribution in [0.1, 0.15) is 25.7 Å². The first-order valence-electron chi connectivity index (χ1n) is 8.14. The first-order chi connectivity index (χ1) is 13.5. The second kappa shape index (κ2) is 6.38. The summed E-state index contributed by atoms with van der Waals surface area (Å²) in [5, 5.41) is 0.919. The van der Waals surface area contributed by atoms with E-state index in [-0.39, 0.29) is 26.7 Å². The van der Waals surface area contributed by atoms with Crippen LogP contribution < -0.4 is 0 Å². The fourth-order valence-electron chi connectivity index (χ4n) is 2.99. The van der Waals surface area contributed by atoms with Crippen molar-refractivity contribution in [2.24, 2.45) is 0 Å². The van der Waals surface area contributed by atoms with E-state index in [4.69, 9.17) is 27.6 Å². The minimum Gasteiger partial charge on any atom is -0.417 e. The van der Waals surface area contributed by atoms with Gasteiger partial charge in [-0.1, -0.05) is 52.7 Å². The van der Waals surface area contributed by atoms with E-state index in [0.717, 1.165) is 5.56 Å². The topological polar surface area (TPSA) is 73.1 Å². The standard InChI is InChI=1S/C20H8Cl2N2O3S/c21-13-6-10-11(7-14(13)22)17(26)12(16(10)25)8-15-23-19-20(28-15)24-18(27-19)9-4-2-1-3-5-9/h1-8H.